The molecule has 0 amide bonds. The van der Waals surface area contributed by atoms with E-state index in [4.69, 9.17) is 10.00 Å². The van der Waals surface area contributed by atoms with Gasteiger partial charge in [-0.3, -0.25) is 0 Å². The van der Waals surface area contributed by atoms with Crippen LogP contribution in [0.25, 0.3) is 0 Å². The van der Waals surface area contributed by atoms with Gasteiger partial charge < -0.3 is 9.53 Å². The summed E-state index contributed by atoms with van der Waals surface area (Å²) in [5.74, 6) is -0.377. The van der Waals surface area contributed by atoms with Crippen molar-refractivity contribution in [2.75, 3.05) is 6.61 Å². The first-order chi connectivity index (χ1) is 7.99. The Morgan fingerprint density at radius 2 is 2.12 bits per heavy atom. The molecule has 0 saturated heterocycles. The van der Waals surface area contributed by atoms with Gasteiger partial charge in [0.2, 0.25) is 0 Å². The first-order valence-electron chi connectivity index (χ1n) is 4.67. The standard InChI is InChI=1S/C11H8F3NO2/c12-11(13,14)9-6-8(7-15)2-3-10(9)17-5-1-4-16/h2-4,6H,1,5H2. The van der Waals surface area contributed by atoms with E-state index in [1.807, 2.05) is 0 Å². The number of hydrogen-bond donors (Lipinski definition) is 0. The fourth-order valence-electron chi connectivity index (χ4n) is 1.16. The number of aldehydes is 1. The van der Waals surface area contributed by atoms with Crippen molar-refractivity contribution in [1.82, 2.24) is 0 Å². The third kappa shape index (κ3) is 3.48. The predicted octanol–water partition coefficient (Wildman–Crippen LogP) is 2.54. The second-order valence-electron chi connectivity index (χ2n) is 3.12. The van der Waals surface area contributed by atoms with Crippen molar-refractivity contribution in [1.29, 1.82) is 5.26 Å². The van der Waals surface area contributed by atoms with Crippen molar-refractivity contribution in [2.24, 2.45) is 0 Å². The Kier molecular flexibility index (Phi) is 4.10. The van der Waals surface area contributed by atoms with Crippen LogP contribution in [0.4, 0.5) is 13.2 Å². The lowest BCUT2D eigenvalue weighted by molar-refractivity contribution is -0.138. The summed E-state index contributed by atoms with van der Waals surface area (Å²) in [6, 6.07) is 4.64. The van der Waals surface area contributed by atoms with Crippen molar-refractivity contribution in [3.8, 4) is 11.8 Å². The van der Waals surface area contributed by atoms with Gasteiger partial charge >= 0.3 is 6.18 Å². The predicted molar refractivity (Wildman–Crippen MR) is 52.3 cm³/mol. The maximum absolute atomic E-state index is 12.6. The molecule has 0 N–H and O–H groups in total. The Morgan fingerprint density at radius 1 is 1.41 bits per heavy atom. The number of carbonyl (C=O) groups is 1. The van der Waals surface area contributed by atoms with Gasteiger partial charge in [0.25, 0.3) is 0 Å². The van der Waals surface area contributed by atoms with Crippen molar-refractivity contribution in [3.05, 3.63) is 29.3 Å². The van der Waals surface area contributed by atoms with E-state index in [0.29, 0.717) is 6.29 Å². The molecule has 17 heavy (non-hydrogen) atoms. The number of rotatable bonds is 4. The van der Waals surface area contributed by atoms with E-state index in [0.717, 1.165) is 12.1 Å². The Labute approximate surface area is 95.4 Å². The molecule has 0 radical (unpaired) electrons. The number of ether oxygens (including phenoxy) is 1. The molecule has 0 aromatic heterocycles. The molecule has 0 atom stereocenters. The zero-order valence-corrected chi connectivity index (χ0v) is 8.62. The minimum atomic E-state index is -4.59. The fraction of sp³-hybridized carbons (Fsp3) is 0.273. The smallest absolute Gasteiger partial charge is 0.420 e. The van der Waals surface area contributed by atoms with Crippen LogP contribution >= 0.6 is 0 Å². The summed E-state index contributed by atoms with van der Waals surface area (Å²) >= 11 is 0. The highest BCUT2D eigenvalue weighted by molar-refractivity contribution is 5.49. The van der Waals surface area contributed by atoms with E-state index in [-0.39, 0.29) is 24.3 Å². The first-order valence-corrected chi connectivity index (χ1v) is 4.67. The molecule has 0 unspecified atom stereocenters. The Morgan fingerprint density at radius 3 is 2.65 bits per heavy atom. The van der Waals surface area contributed by atoms with E-state index in [9.17, 15) is 18.0 Å². The molecule has 0 aliphatic rings. The third-order valence-corrected chi connectivity index (χ3v) is 1.91. The topological polar surface area (TPSA) is 50.1 Å². The molecule has 6 heteroatoms. The second kappa shape index (κ2) is 5.34. The van der Waals surface area contributed by atoms with Crippen LogP contribution in [0, 0.1) is 11.3 Å². The lowest BCUT2D eigenvalue weighted by atomic mass is 10.1. The molecule has 90 valence electrons. The molecule has 0 fully saturated rings. The summed E-state index contributed by atoms with van der Waals surface area (Å²) in [5.41, 5.74) is -1.11. The van der Waals surface area contributed by atoms with Gasteiger partial charge in [0.1, 0.15) is 12.0 Å². The van der Waals surface area contributed by atoms with Crippen molar-refractivity contribution < 1.29 is 22.7 Å². The van der Waals surface area contributed by atoms with Gasteiger partial charge in [0.05, 0.1) is 23.8 Å². The van der Waals surface area contributed by atoms with Crippen LogP contribution in [-0.2, 0) is 11.0 Å². The van der Waals surface area contributed by atoms with Crippen LogP contribution in [-0.4, -0.2) is 12.9 Å². The minimum absolute atomic E-state index is 0.0112. The van der Waals surface area contributed by atoms with Gasteiger partial charge in [-0.25, -0.2) is 0 Å². The van der Waals surface area contributed by atoms with E-state index < -0.39 is 11.7 Å². The van der Waals surface area contributed by atoms with Gasteiger partial charge in [-0.15, -0.1) is 0 Å². The molecule has 1 rings (SSSR count). The summed E-state index contributed by atoms with van der Waals surface area (Å²) in [7, 11) is 0. The summed E-state index contributed by atoms with van der Waals surface area (Å²) in [4.78, 5) is 10.0. The number of halogens is 3. The highest BCUT2D eigenvalue weighted by atomic mass is 19.4. The lowest BCUT2D eigenvalue weighted by Crippen LogP contribution is -2.10. The zero-order valence-electron chi connectivity index (χ0n) is 8.62. The van der Waals surface area contributed by atoms with Gasteiger partial charge in [0.15, 0.2) is 0 Å². The number of alkyl halides is 3. The van der Waals surface area contributed by atoms with E-state index in [1.165, 1.54) is 6.07 Å². The Hall–Kier alpha value is -2.03. The molecule has 0 saturated carbocycles. The van der Waals surface area contributed by atoms with E-state index >= 15 is 0 Å². The normalized spacial score (nSPS) is 10.7. The maximum atomic E-state index is 12.6. The fourth-order valence-corrected chi connectivity index (χ4v) is 1.16. The van der Waals surface area contributed by atoms with Gasteiger partial charge in [-0.2, -0.15) is 18.4 Å². The Bertz CT molecular complexity index is 449. The van der Waals surface area contributed by atoms with E-state index in [1.54, 1.807) is 6.07 Å². The molecule has 0 aliphatic heterocycles. The molecule has 0 bridgehead atoms. The summed E-state index contributed by atoms with van der Waals surface area (Å²) in [5, 5.41) is 8.53. The summed E-state index contributed by atoms with van der Waals surface area (Å²) < 4.78 is 42.7. The molecular formula is C11H8F3NO2. The average molecular weight is 243 g/mol. The number of nitrogens with zero attached hydrogens (tertiary/aromatic N) is 1. The number of benzene rings is 1. The van der Waals surface area contributed by atoms with Crippen molar-refractivity contribution in [2.45, 2.75) is 12.6 Å². The molecule has 0 aliphatic carbocycles. The van der Waals surface area contributed by atoms with Gasteiger partial charge in [0, 0.05) is 6.42 Å². The van der Waals surface area contributed by atoms with Crippen LogP contribution in [0.5, 0.6) is 5.75 Å². The van der Waals surface area contributed by atoms with Crippen LogP contribution in [0.1, 0.15) is 17.5 Å². The van der Waals surface area contributed by atoms with Gasteiger partial charge in [-0.05, 0) is 18.2 Å². The Balaban J connectivity index is 3.04. The van der Waals surface area contributed by atoms with E-state index in [2.05, 4.69) is 0 Å². The SMILES string of the molecule is N#Cc1ccc(OCCC=O)c(C(F)(F)F)c1. The van der Waals surface area contributed by atoms with Crippen LogP contribution < -0.4 is 4.74 Å². The quantitative estimate of drug-likeness (QED) is 0.603. The average Bonchev–Trinajstić information content (AvgIpc) is 2.28. The highest BCUT2D eigenvalue weighted by Crippen LogP contribution is 2.36. The lowest BCUT2D eigenvalue weighted by Gasteiger charge is -2.13. The molecule has 1 aromatic rings. The largest absolute Gasteiger partial charge is 0.493 e. The summed E-state index contributed by atoms with van der Waals surface area (Å²) in [6.45, 7) is -0.127. The maximum Gasteiger partial charge on any atom is 0.420 e. The second-order valence-corrected chi connectivity index (χ2v) is 3.12. The molecule has 3 nitrogen and oxygen atoms in total. The zero-order chi connectivity index (χ0) is 12.9. The minimum Gasteiger partial charge on any atom is -0.493 e. The molecule has 0 heterocycles. The number of nitriles is 1. The van der Waals surface area contributed by atoms with Crippen LogP contribution in [0.15, 0.2) is 18.2 Å². The monoisotopic (exact) mass is 243 g/mol. The van der Waals surface area contributed by atoms with Crippen LogP contribution in [0.2, 0.25) is 0 Å². The van der Waals surface area contributed by atoms with Crippen molar-refractivity contribution in [3.63, 3.8) is 0 Å². The van der Waals surface area contributed by atoms with Gasteiger partial charge in [-0.1, -0.05) is 0 Å². The van der Waals surface area contributed by atoms with Crippen LogP contribution in [0.3, 0.4) is 0 Å². The number of carbonyl (C=O) groups excluding carboxylic acids is 1. The molecule has 0 spiro atoms. The summed E-state index contributed by atoms with van der Waals surface area (Å²) in [6.07, 6.45) is -4.03. The number of hydrogen-bond acceptors (Lipinski definition) is 3. The first kappa shape index (κ1) is 13.0. The third-order valence-electron chi connectivity index (χ3n) is 1.91. The molecular weight excluding hydrogens is 235 g/mol. The molecule has 1 aromatic carbocycles. The highest BCUT2D eigenvalue weighted by Gasteiger charge is 2.34. The van der Waals surface area contributed by atoms with Crippen molar-refractivity contribution >= 4 is 6.29 Å².